The van der Waals surface area contributed by atoms with Gasteiger partial charge < -0.3 is 0 Å². The first-order valence-corrected chi connectivity index (χ1v) is 15.9. The molecule has 0 saturated heterocycles. The Morgan fingerprint density at radius 1 is 1.00 bits per heavy atom. The number of thiazole rings is 1. The average Bonchev–Trinajstić information content (AvgIpc) is 3.44. The third-order valence-corrected chi connectivity index (χ3v) is 10.2. The first-order chi connectivity index (χ1) is 19.8. The van der Waals surface area contributed by atoms with Crippen molar-refractivity contribution >= 4 is 48.3 Å². The van der Waals surface area contributed by atoms with Crippen LogP contribution in [0.1, 0.15) is 53.2 Å². The van der Waals surface area contributed by atoms with Crippen molar-refractivity contribution in [2.24, 2.45) is 0 Å². The summed E-state index contributed by atoms with van der Waals surface area (Å²) in [6, 6.07) is 23.7. The Labute approximate surface area is 244 Å². The molecule has 0 atom stereocenters. The van der Waals surface area contributed by atoms with Crippen LogP contribution in [0.2, 0.25) is 0 Å². The molecule has 0 fully saturated rings. The van der Waals surface area contributed by atoms with Crippen LogP contribution in [0, 0.1) is 0 Å². The molecule has 0 spiro atoms. The van der Waals surface area contributed by atoms with E-state index in [1.54, 1.807) is 29.4 Å². The van der Waals surface area contributed by atoms with Gasteiger partial charge in [-0.05, 0) is 77.9 Å². The van der Waals surface area contributed by atoms with Gasteiger partial charge in [0.1, 0.15) is 0 Å². The maximum Gasteiger partial charge on any atom is 0.264 e. The smallest absolute Gasteiger partial charge is 0.264 e. The zero-order chi connectivity index (χ0) is 28.6. The summed E-state index contributed by atoms with van der Waals surface area (Å²) in [4.78, 5) is 24.9. The number of para-hydroxylation sites is 2. The van der Waals surface area contributed by atoms with E-state index >= 15 is 0 Å². The highest BCUT2D eigenvalue weighted by Gasteiger charge is 2.30. The molecule has 0 saturated carbocycles. The van der Waals surface area contributed by atoms with E-state index in [-0.39, 0.29) is 23.3 Å². The quantitative estimate of drug-likeness (QED) is 0.211. The summed E-state index contributed by atoms with van der Waals surface area (Å²) in [5, 5.41) is 0.587. The van der Waals surface area contributed by atoms with Gasteiger partial charge in [0, 0.05) is 24.5 Å². The standard InChI is InChI=1S/C32H30N4O3S2/c1-22(2)27-11-5-13-29-30(27)34-32(40-29)35(21-23-8-6-18-33-20-23)31(37)25-14-16-26(17-15-25)41(38,39)36-19-7-10-24-9-3-4-12-28(24)36/h3-6,8-9,11-18,20,22H,7,10,19,21H2,1-2H3. The number of rotatable bonds is 7. The number of benzene rings is 3. The molecule has 208 valence electrons. The first-order valence-electron chi connectivity index (χ1n) is 13.6. The molecule has 7 nitrogen and oxygen atoms in total. The molecule has 1 amide bonds. The number of pyridine rings is 1. The Kier molecular flexibility index (Phi) is 7.32. The maximum atomic E-state index is 14.0. The molecule has 2 aromatic heterocycles. The molecule has 9 heteroatoms. The Morgan fingerprint density at radius 2 is 1.80 bits per heavy atom. The lowest BCUT2D eigenvalue weighted by molar-refractivity contribution is 0.0985. The monoisotopic (exact) mass is 582 g/mol. The fourth-order valence-corrected chi connectivity index (χ4v) is 7.78. The summed E-state index contributed by atoms with van der Waals surface area (Å²) >= 11 is 1.47. The number of nitrogens with zero attached hydrogens (tertiary/aromatic N) is 4. The number of hydrogen-bond donors (Lipinski definition) is 0. The van der Waals surface area contributed by atoms with Crippen molar-refractivity contribution in [3.63, 3.8) is 0 Å². The molecule has 0 radical (unpaired) electrons. The van der Waals surface area contributed by atoms with Gasteiger partial charge >= 0.3 is 0 Å². The molecule has 1 aliphatic rings. The van der Waals surface area contributed by atoms with Crippen LogP contribution in [0.5, 0.6) is 0 Å². The summed E-state index contributed by atoms with van der Waals surface area (Å²) in [6.45, 7) is 4.97. The fraction of sp³-hybridized carbons (Fsp3) is 0.219. The van der Waals surface area contributed by atoms with E-state index in [4.69, 9.17) is 4.98 Å². The number of amides is 1. The van der Waals surface area contributed by atoms with E-state index in [0.29, 0.717) is 17.2 Å². The number of fused-ring (bicyclic) bond motifs is 2. The van der Waals surface area contributed by atoms with Gasteiger partial charge in [-0.1, -0.05) is 61.6 Å². The molecule has 3 heterocycles. The number of carbonyl (C=O) groups is 1. The second-order valence-electron chi connectivity index (χ2n) is 10.4. The lowest BCUT2D eigenvalue weighted by atomic mass is 10.0. The summed E-state index contributed by atoms with van der Waals surface area (Å²) in [7, 11) is -3.78. The van der Waals surface area contributed by atoms with E-state index in [0.717, 1.165) is 45.4 Å². The predicted octanol–water partition coefficient (Wildman–Crippen LogP) is 6.80. The molecule has 0 N–H and O–H groups in total. The normalized spacial score (nSPS) is 13.4. The van der Waals surface area contributed by atoms with Gasteiger partial charge in [0.2, 0.25) is 0 Å². The minimum atomic E-state index is -3.78. The van der Waals surface area contributed by atoms with Crippen LogP contribution in [0.4, 0.5) is 10.8 Å². The van der Waals surface area contributed by atoms with Crippen molar-refractivity contribution in [2.75, 3.05) is 15.7 Å². The van der Waals surface area contributed by atoms with Crippen LogP contribution in [-0.2, 0) is 23.0 Å². The minimum Gasteiger partial charge on any atom is -0.279 e. The Hall–Kier alpha value is -4.08. The number of hydrogen-bond acceptors (Lipinski definition) is 6. The molecule has 0 unspecified atom stereocenters. The Bertz CT molecular complexity index is 1820. The van der Waals surface area contributed by atoms with E-state index in [2.05, 4.69) is 24.9 Å². The Morgan fingerprint density at radius 3 is 2.56 bits per heavy atom. The van der Waals surface area contributed by atoms with Gasteiger partial charge in [-0.3, -0.25) is 19.0 Å². The zero-order valence-corrected chi connectivity index (χ0v) is 24.5. The fourth-order valence-electron chi connectivity index (χ4n) is 5.24. The van der Waals surface area contributed by atoms with E-state index in [1.165, 1.54) is 27.8 Å². The van der Waals surface area contributed by atoms with Gasteiger partial charge in [-0.15, -0.1) is 0 Å². The van der Waals surface area contributed by atoms with Gasteiger partial charge in [-0.2, -0.15) is 0 Å². The van der Waals surface area contributed by atoms with Crippen molar-refractivity contribution in [3.8, 4) is 0 Å². The minimum absolute atomic E-state index is 0.158. The largest absolute Gasteiger partial charge is 0.279 e. The lowest BCUT2D eigenvalue weighted by Crippen LogP contribution is -2.35. The maximum absolute atomic E-state index is 14.0. The van der Waals surface area contributed by atoms with Crippen molar-refractivity contribution in [1.82, 2.24) is 9.97 Å². The van der Waals surface area contributed by atoms with Crippen LogP contribution in [0.3, 0.4) is 0 Å². The molecule has 0 aliphatic carbocycles. The Balaban J connectivity index is 1.34. The molecule has 3 aromatic carbocycles. The van der Waals surface area contributed by atoms with Crippen LogP contribution < -0.4 is 9.21 Å². The third-order valence-electron chi connectivity index (χ3n) is 7.36. The molecule has 41 heavy (non-hydrogen) atoms. The average molecular weight is 583 g/mol. The zero-order valence-electron chi connectivity index (χ0n) is 22.9. The van der Waals surface area contributed by atoms with Gasteiger partial charge in [0.25, 0.3) is 15.9 Å². The molecule has 1 aliphatic heterocycles. The summed E-state index contributed by atoms with van der Waals surface area (Å²) in [6.07, 6.45) is 5.05. The molecular weight excluding hydrogens is 553 g/mol. The number of aryl methyl sites for hydroxylation is 1. The summed E-state index contributed by atoms with van der Waals surface area (Å²) in [5.41, 5.74) is 5.03. The molecule has 5 aromatic rings. The molecule has 0 bridgehead atoms. The van der Waals surface area contributed by atoms with Gasteiger partial charge in [0.05, 0.1) is 27.3 Å². The van der Waals surface area contributed by atoms with Crippen molar-refractivity contribution in [2.45, 2.75) is 44.0 Å². The van der Waals surface area contributed by atoms with E-state index in [9.17, 15) is 13.2 Å². The van der Waals surface area contributed by atoms with Crippen LogP contribution in [0.25, 0.3) is 10.2 Å². The van der Waals surface area contributed by atoms with Gasteiger partial charge in [-0.25, -0.2) is 13.4 Å². The summed E-state index contributed by atoms with van der Waals surface area (Å²) < 4.78 is 29.7. The van der Waals surface area contributed by atoms with Crippen molar-refractivity contribution < 1.29 is 13.2 Å². The van der Waals surface area contributed by atoms with Crippen molar-refractivity contribution in [3.05, 3.63) is 114 Å². The number of sulfonamides is 1. The summed E-state index contributed by atoms with van der Waals surface area (Å²) in [5.74, 6) is 0.0313. The highest BCUT2D eigenvalue weighted by atomic mass is 32.2. The third kappa shape index (κ3) is 5.23. The molecule has 6 rings (SSSR count). The highest BCUT2D eigenvalue weighted by molar-refractivity contribution is 7.92. The van der Waals surface area contributed by atoms with E-state index < -0.39 is 10.0 Å². The lowest BCUT2D eigenvalue weighted by Gasteiger charge is -2.30. The first kappa shape index (κ1) is 27.1. The van der Waals surface area contributed by atoms with Crippen LogP contribution in [-0.4, -0.2) is 30.8 Å². The number of anilines is 2. The second kappa shape index (κ2) is 11.1. The van der Waals surface area contributed by atoms with E-state index in [1.807, 2.05) is 48.5 Å². The second-order valence-corrected chi connectivity index (χ2v) is 13.3. The predicted molar refractivity (Wildman–Crippen MR) is 164 cm³/mol. The number of aromatic nitrogens is 2. The SMILES string of the molecule is CC(C)c1cccc2sc(N(Cc3cccnc3)C(=O)c3ccc(S(=O)(=O)N4CCCc5ccccc54)cc3)nc12. The topological polar surface area (TPSA) is 83.5 Å². The van der Waals surface area contributed by atoms with Crippen molar-refractivity contribution in [1.29, 1.82) is 0 Å². The van der Waals surface area contributed by atoms with Crippen LogP contribution >= 0.6 is 11.3 Å². The van der Waals surface area contributed by atoms with Gasteiger partial charge in [0.15, 0.2) is 5.13 Å². The molecular formula is C32H30N4O3S2. The number of carbonyl (C=O) groups excluding carboxylic acids is 1. The van der Waals surface area contributed by atoms with Crippen LogP contribution in [0.15, 0.2) is 96.2 Å². The highest BCUT2D eigenvalue weighted by Crippen LogP contribution is 2.35.